The topological polar surface area (TPSA) is 88.3 Å². The number of nitrogens with two attached hydrogens (primary N) is 1. The number of carbonyl (C=O) groups is 2. The first-order chi connectivity index (χ1) is 13.1. The number of nitrogens with zero attached hydrogens (tertiary/aromatic N) is 2. The second-order valence-electron chi connectivity index (χ2n) is 7.22. The van der Waals surface area contributed by atoms with Crippen molar-refractivity contribution in [3.63, 3.8) is 0 Å². The number of nitrogens with one attached hydrogen (secondary N) is 1. The lowest BCUT2D eigenvalue weighted by atomic mass is 9.91. The van der Waals surface area contributed by atoms with Crippen LogP contribution in [0.3, 0.4) is 0 Å². The van der Waals surface area contributed by atoms with Crippen molar-refractivity contribution in [1.29, 1.82) is 0 Å². The Kier molecular flexibility index (Phi) is 4.90. The maximum atomic E-state index is 12.7. The average Bonchev–Trinajstić information content (AvgIpc) is 2.73. The van der Waals surface area contributed by atoms with E-state index in [1.807, 2.05) is 47.4 Å². The summed E-state index contributed by atoms with van der Waals surface area (Å²) in [5.41, 5.74) is 9.62. The van der Waals surface area contributed by atoms with Crippen molar-refractivity contribution >= 4 is 11.8 Å². The molecule has 2 aliphatic heterocycles. The number of pyridine rings is 1. The van der Waals surface area contributed by atoms with Crippen molar-refractivity contribution in [2.75, 3.05) is 19.6 Å². The predicted octanol–water partition coefficient (Wildman–Crippen LogP) is 1.77. The number of benzene rings is 1. The molecule has 27 heavy (non-hydrogen) atoms. The molecule has 1 saturated heterocycles. The second-order valence-corrected chi connectivity index (χ2v) is 7.22. The molecule has 0 saturated carbocycles. The summed E-state index contributed by atoms with van der Waals surface area (Å²) in [4.78, 5) is 31.2. The zero-order valence-electron chi connectivity index (χ0n) is 15.2. The fraction of sp³-hybridized carbons (Fsp3) is 0.381. The monoisotopic (exact) mass is 364 g/mol. The van der Waals surface area contributed by atoms with Gasteiger partial charge in [-0.2, -0.15) is 0 Å². The molecule has 4 rings (SSSR count). The van der Waals surface area contributed by atoms with Crippen LogP contribution in [0.4, 0.5) is 0 Å². The van der Waals surface area contributed by atoms with E-state index in [4.69, 9.17) is 10.7 Å². The van der Waals surface area contributed by atoms with E-state index in [0.29, 0.717) is 31.1 Å². The van der Waals surface area contributed by atoms with Gasteiger partial charge in [0, 0.05) is 37.7 Å². The molecule has 0 spiro atoms. The molecular weight excluding hydrogens is 340 g/mol. The number of carbonyl (C=O) groups excluding carboxylic acids is 2. The van der Waals surface area contributed by atoms with Crippen LogP contribution in [0.2, 0.25) is 0 Å². The second kappa shape index (κ2) is 7.48. The summed E-state index contributed by atoms with van der Waals surface area (Å²) in [6.07, 6.45) is 2.51. The number of hydrogen-bond acceptors (Lipinski definition) is 4. The van der Waals surface area contributed by atoms with Gasteiger partial charge in [-0.25, -0.2) is 0 Å². The molecule has 0 bridgehead atoms. The van der Waals surface area contributed by atoms with Crippen LogP contribution >= 0.6 is 0 Å². The third kappa shape index (κ3) is 3.57. The highest BCUT2D eigenvalue weighted by Gasteiger charge is 2.29. The maximum Gasteiger partial charge on any atom is 0.253 e. The van der Waals surface area contributed by atoms with Crippen LogP contribution in [-0.2, 0) is 11.2 Å². The van der Waals surface area contributed by atoms with Crippen molar-refractivity contribution in [1.82, 2.24) is 15.2 Å². The molecule has 2 aromatic rings. The highest BCUT2D eigenvalue weighted by atomic mass is 16.2. The van der Waals surface area contributed by atoms with Gasteiger partial charge in [0.15, 0.2) is 0 Å². The molecule has 0 unspecified atom stereocenters. The summed E-state index contributed by atoms with van der Waals surface area (Å²) in [5.74, 6) is 0.262. The Morgan fingerprint density at radius 2 is 1.89 bits per heavy atom. The summed E-state index contributed by atoms with van der Waals surface area (Å²) in [7, 11) is 0. The smallest absolute Gasteiger partial charge is 0.253 e. The van der Waals surface area contributed by atoms with Gasteiger partial charge in [0.2, 0.25) is 5.91 Å². The zero-order valence-corrected chi connectivity index (χ0v) is 15.2. The molecule has 1 aromatic heterocycles. The van der Waals surface area contributed by atoms with Crippen molar-refractivity contribution in [3.05, 3.63) is 65.0 Å². The number of likely N-dealkylation sites (tertiary alicyclic amines) is 1. The molecule has 1 fully saturated rings. The minimum atomic E-state index is -0.608. The summed E-state index contributed by atoms with van der Waals surface area (Å²) in [6.45, 7) is 2.01. The number of fused-ring (bicyclic) bond motifs is 1. The van der Waals surface area contributed by atoms with Crippen molar-refractivity contribution in [2.24, 2.45) is 5.73 Å². The average molecular weight is 364 g/mol. The van der Waals surface area contributed by atoms with Crippen LogP contribution in [0.15, 0.2) is 42.5 Å². The standard InChI is InChI=1S/C21H24N4O2/c22-19(15-4-2-1-3-5-15)21(27)25-12-9-14(10-13-25)17-7-6-16-18(24-17)8-11-23-20(16)26/h1-7,14,19H,8-13,22H2,(H,23,26)/t19-/m0/s1. The van der Waals surface area contributed by atoms with Gasteiger partial charge in [0.25, 0.3) is 5.91 Å². The van der Waals surface area contributed by atoms with E-state index in [1.165, 1.54) is 0 Å². The number of hydrogen-bond donors (Lipinski definition) is 2. The van der Waals surface area contributed by atoms with Gasteiger partial charge < -0.3 is 16.0 Å². The Morgan fingerprint density at radius 1 is 1.15 bits per heavy atom. The third-order valence-electron chi connectivity index (χ3n) is 5.54. The molecule has 140 valence electrons. The van der Waals surface area contributed by atoms with Crippen LogP contribution in [0.5, 0.6) is 0 Å². The molecule has 0 aliphatic carbocycles. The third-order valence-corrected chi connectivity index (χ3v) is 5.54. The van der Waals surface area contributed by atoms with Gasteiger partial charge in [0.05, 0.1) is 11.3 Å². The zero-order chi connectivity index (χ0) is 18.8. The molecule has 2 aliphatic rings. The number of piperidine rings is 1. The van der Waals surface area contributed by atoms with E-state index in [1.54, 1.807) is 0 Å². The van der Waals surface area contributed by atoms with Gasteiger partial charge in [-0.1, -0.05) is 30.3 Å². The van der Waals surface area contributed by atoms with Gasteiger partial charge in [-0.3, -0.25) is 14.6 Å². The first kappa shape index (κ1) is 17.7. The van der Waals surface area contributed by atoms with E-state index < -0.39 is 6.04 Å². The SMILES string of the molecule is N[C@H](C(=O)N1CCC(c2ccc3c(n2)CCNC3=O)CC1)c1ccccc1. The van der Waals surface area contributed by atoms with Crippen LogP contribution in [0.25, 0.3) is 0 Å². The van der Waals surface area contributed by atoms with Crippen molar-refractivity contribution < 1.29 is 9.59 Å². The molecule has 0 radical (unpaired) electrons. The fourth-order valence-corrected chi connectivity index (χ4v) is 3.93. The molecule has 1 atom stereocenters. The van der Waals surface area contributed by atoms with Crippen LogP contribution in [0.1, 0.15) is 52.1 Å². The molecule has 1 aromatic carbocycles. The summed E-state index contributed by atoms with van der Waals surface area (Å²) in [5, 5.41) is 2.84. The summed E-state index contributed by atoms with van der Waals surface area (Å²) in [6, 6.07) is 12.7. The molecule has 3 N–H and O–H groups in total. The van der Waals surface area contributed by atoms with Gasteiger partial charge in [0.1, 0.15) is 6.04 Å². The van der Waals surface area contributed by atoms with E-state index in [2.05, 4.69) is 5.32 Å². The van der Waals surface area contributed by atoms with Crippen LogP contribution in [-0.4, -0.2) is 41.3 Å². The lowest BCUT2D eigenvalue weighted by Crippen LogP contribution is -2.43. The highest BCUT2D eigenvalue weighted by molar-refractivity contribution is 5.96. The highest BCUT2D eigenvalue weighted by Crippen LogP contribution is 2.29. The summed E-state index contributed by atoms with van der Waals surface area (Å²) < 4.78 is 0. The lowest BCUT2D eigenvalue weighted by Gasteiger charge is -2.33. The molecular formula is C21H24N4O2. The maximum absolute atomic E-state index is 12.7. The van der Waals surface area contributed by atoms with Gasteiger partial charge >= 0.3 is 0 Å². The number of rotatable bonds is 3. The van der Waals surface area contributed by atoms with Crippen LogP contribution < -0.4 is 11.1 Å². The summed E-state index contributed by atoms with van der Waals surface area (Å²) >= 11 is 0. The Balaban J connectivity index is 1.40. The van der Waals surface area contributed by atoms with Gasteiger partial charge in [-0.05, 0) is 30.5 Å². The molecule has 3 heterocycles. The largest absolute Gasteiger partial charge is 0.352 e. The minimum Gasteiger partial charge on any atom is -0.352 e. The Morgan fingerprint density at radius 3 is 2.63 bits per heavy atom. The first-order valence-corrected chi connectivity index (χ1v) is 9.51. The normalized spacial score (nSPS) is 18.6. The van der Waals surface area contributed by atoms with E-state index in [0.717, 1.165) is 36.2 Å². The number of aromatic nitrogens is 1. The number of amides is 2. The molecule has 6 nitrogen and oxygen atoms in total. The van der Waals surface area contributed by atoms with Crippen LogP contribution in [0, 0.1) is 0 Å². The Hall–Kier alpha value is -2.73. The Bertz CT molecular complexity index is 845. The van der Waals surface area contributed by atoms with Crippen molar-refractivity contribution in [2.45, 2.75) is 31.2 Å². The quantitative estimate of drug-likeness (QED) is 0.869. The Labute approximate surface area is 158 Å². The van der Waals surface area contributed by atoms with E-state index in [-0.39, 0.29) is 11.8 Å². The van der Waals surface area contributed by atoms with Crippen molar-refractivity contribution in [3.8, 4) is 0 Å². The fourth-order valence-electron chi connectivity index (χ4n) is 3.93. The molecule has 2 amide bonds. The van der Waals surface area contributed by atoms with E-state index >= 15 is 0 Å². The van der Waals surface area contributed by atoms with E-state index in [9.17, 15) is 9.59 Å². The lowest BCUT2D eigenvalue weighted by molar-refractivity contribution is -0.133. The molecule has 6 heteroatoms. The van der Waals surface area contributed by atoms with Gasteiger partial charge in [-0.15, -0.1) is 0 Å². The predicted molar refractivity (Wildman–Crippen MR) is 102 cm³/mol. The first-order valence-electron chi connectivity index (χ1n) is 9.51. The minimum absolute atomic E-state index is 0.0188.